The molecule has 4 aromatic rings. The molecule has 0 unspecified atom stereocenters. The van der Waals surface area contributed by atoms with E-state index in [2.05, 4.69) is 20.6 Å². The van der Waals surface area contributed by atoms with Crippen LogP contribution in [0.5, 0.6) is 0 Å². The third kappa shape index (κ3) is 11.0. The van der Waals surface area contributed by atoms with E-state index in [1.54, 1.807) is 0 Å². The van der Waals surface area contributed by atoms with Crippen molar-refractivity contribution in [1.82, 2.24) is 0 Å². The fourth-order valence-electron chi connectivity index (χ4n) is 3.49. The summed E-state index contributed by atoms with van der Waals surface area (Å²) < 4.78 is 0. The molecule has 4 aromatic carbocycles. The Morgan fingerprint density at radius 2 is 0.841 bits per heavy atom. The summed E-state index contributed by atoms with van der Waals surface area (Å²) in [5.74, 6) is -1.18. The second kappa shape index (κ2) is 16.3. The van der Waals surface area contributed by atoms with Crippen molar-refractivity contribution in [2.24, 2.45) is 9.98 Å². The predicted molar refractivity (Wildman–Crippen MR) is 153 cm³/mol. The molecule has 0 bridgehead atoms. The maximum Gasteiger partial charge on any atom is 1.00 e. The molecule has 0 fully saturated rings. The van der Waals surface area contributed by atoms with Gasteiger partial charge in [-0.25, -0.2) is 24.4 Å². The van der Waals surface area contributed by atoms with Crippen LogP contribution in [-0.4, -0.2) is 37.4 Å². The monoisotopic (exact) mass is 654 g/mol. The van der Waals surface area contributed by atoms with E-state index in [0.29, 0.717) is 11.4 Å². The van der Waals surface area contributed by atoms with E-state index in [9.17, 15) is 24.8 Å². The van der Waals surface area contributed by atoms with E-state index >= 15 is 0 Å². The molecule has 0 aliphatic rings. The first-order chi connectivity index (χ1) is 19.8. The van der Waals surface area contributed by atoms with Crippen LogP contribution in [0.2, 0.25) is 0 Å². The van der Waals surface area contributed by atoms with Gasteiger partial charge in [0.25, 0.3) is 15.9 Å². The summed E-state index contributed by atoms with van der Waals surface area (Å²) in [5, 5.41) is 29.7. The third-order valence-electron chi connectivity index (χ3n) is 5.61. The van der Waals surface area contributed by atoms with E-state index in [1.165, 1.54) is 97.1 Å². The molecule has 216 valence electrons. The van der Waals surface area contributed by atoms with E-state index in [0.717, 1.165) is 0 Å². The Bertz CT molecular complexity index is 1490. The van der Waals surface area contributed by atoms with Gasteiger partial charge in [-0.05, 0) is 95.7 Å². The van der Waals surface area contributed by atoms with E-state index in [-0.39, 0.29) is 92.2 Å². The smallest absolute Gasteiger partial charge is 0.858 e. The van der Waals surface area contributed by atoms with Crippen LogP contribution in [0.4, 0.5) is 27.5 Å². The van der Waals surface area contributed by atoms with Gasteiger partial charge in [0.1, 0.15) is 10.6 Å². The van der Waals surface area contributed by atoms with Crippen LogP contribution in [0.3, 0.4) is 0 Å². The van der Waals surface area contributed by atoms with Crippen LogP contribution in [0.15, 0.2) is 107 Å². The van der Waals surface area contributed by atoms with Crippen molar-refractivity contribution in [2.75, 3.05) is 10.6 Å². The number of carbonyl (C=O) groups excluding carboxylic acids is 1. The number of hydrogen-bond acceptors (Lipinski definition) is 11. The molecule has 44 heavy (non-hydrogen) atoms. The topological polar surface area (TPSA) is 239 Å². The summed E-state index contributed by atoms with van der Waals surface area (Å²) >= 11 is 0. The predicted octanol–water partition coefficient (Wildman–Crippen LogP) is -6.32. The van der Waals surface area contributed by atoms with Gasteiger partial charge in [0, 0.05) is 11.4 Å². The van der Waals surface area contributed by atoms with Crippen LogP contribution in [0.1, 0.15) is 11.1 Å². The molecule has 6 N–H and O–H groups in total. The number of carbonyl (C=O) groups is 1. The van der Waals surface area contributed by atoms with Crippen molar-refractivity contribution >= 4 is 67.1 Å². The fourth-order valence-corrected chi connectivity index (χ4v) is 4.57. The molecule has 0 aromatic heterocycles. The fraction of sp³-hybridized carbons (Fsp3) is 0. The minimum absolute atomic E-state index is 0. The number of nitrogens with zero attached hydrogens (tertiary/aromatic N) is 2. The zero-order valence-electron chi connectivity index (χ0n) is 23.4. The molecule has 0 heterocycles. The van der Waals surface area contributed by atoms with Gasteiger partial charge >= 0.3 is 65.1 Å². The van der Waals surface area contributed by atoms with Gasteiger partial charge in [-0.2, -0.15) is 0 Å². The Kier molecular flexibility index (Phi) is 14.1. The molecule has 2 amide bonds. The van der Waals surface area contributed by atoms with Crippen LogP contribution >= 0.6 is 15.9 Å². The number of nitrogens with one attached hydrogen (secondary N) is 2. The van der Waals surface area contributed by atoms with Crippen LogP contribution in [-0.2, 0) is 0 Å². The zero-order valence-corrected chi connectivity index (χ0v) is 29.1. The van der Waals surface area contributed by atoms with Crippen LogP contribution < -0.4 is 100 Å². The number of amides is 2. The van der Waals surface area contributed by atoms with Gasteiger partial charge in [0.2, 0.25) is 0 Å². The maximum absolute atomic E-state index is 12.4. The summed E-state index contributed by atoms with van der Waals surface area (Å²) in [5.41, 5.74) is 1.65. The Morgan fingerprint density at radius 1 is 0.545 bits per heavy atom. The number of anilines is 2. The Morgan fingerprint density at radius 3 is 1.11 bits per heavy atom. The second-order valence-electron chi connectivity index (χ2n) is 8.69. The standard InChI is InChI=1S/C27H24N4O9P2.2Na/c32-25(28-19-9-13-23(14-10-19)41(35,36)37)17-1-5-21(6-2-17)30-27(34)31-22-7-3-18(4-8-22)26(33)29-20-11-15-24(16-12-20)42(38,39)40;;/h1-16H,(H,28,32)(H,29,33)(H2,30,31,34)(H2,35,36,37)(H2,38,39,40);;/q;2*+1/p-2. The first kappa shape index (κ1) is 37.9. The molecule has 13 nitrogen and oxygen atoms in total. The molecular formula is C27H22N4Na2O9P2. The van der Waals surface area contributed by atoms with Crippen LogP contribution in [0.25, 0.3) is 0 Å². The van der Waals surface area contributed by atoms with Gasteiger partial charge in [-0.1, -0.05) is 24.3 Å². The van der Waals surface area contributed by atoms with Gasteiger partial charge < -0.3 is 30.6 Å². The largest absolute Gasteiger partial charge is 1.00 e. The Labute approximate surface area is 297 Å². The minimum atomic E-state index is -4.40. The number of aliphatic imine (C=N–C) groups is 2. The van der Waals surface area contributed by atoms with Crippen molar-refractivity contribution in [3.05, 3.63) is 108 Å². The minimum Gasteiger partial charge on any atom is -0.858 e. The normalized spacial score (nSPS) is 12.0. The summed E-state index contributed by atoms with van der Waals surface area (Å²) in [6, 6.07) is 21.3. The molecule has 0 aliphatic heterocycles. The molecule has 17 heteroatoms. The molecule has 0 spiro atoms. The molecule has 4 rings (SSSR count). The van der Waals surface area contributed by atoms with E-state index < -0.39 is 33.7 Å². The van der Waals surface area contributed by atoms with E-state index in [1.807, 2.05) is 0 Å². The number of urea groups is 1. The molecule has 0 aliphatic carbocycles. The summed E-state index contributed by atoms with van der Waals surface area (Å²) in [4.78, 5) is 79.3. The SMILES string of the molecule is O=C(Nc1ccc(C([O-])=Nc2ccc([P+]([O-])(O)O)cc2)cc1)Nc1ccc(C([O-])=Nc2ccc([P+]([O-])(O)O)cc2)cc1.[Na+].[Na+]. The average Bonchev–Trinajstić information content (AvgIpc) is 2.93. The number of benzene rings is 4. The third-order valence-corrected chi connectivity index (χ3v) is 7.55. The van der Waals surface area contributed by atoms with Crippen LogP contribution in [0, 0.1) is 0 Å². The summed E-state index contributed by atoms with van der Waals surface area (Å²) in [6.07, 6.45) is 0. The van der Waals surface area contributed by atoms with Gasteiger partial charge in [-0.15, -0.1) is 0 Å². The van der Waals surface area contributed by atoms with Crippen molar-refractivity contribution in [3.63, 3.8) is 0 Å². The van der Waals surface area contributed by atoms with Gasteiger partial charge in [-0.3, -0.25) is 9.98 Å². The molecule has 0 saturated heterocycles. The maximum atomic E-state index is 12.4. The van der Waals surface area contributed by atoms with Crippen molar-refractivity contribution in [1.29, 1.82) is 0 Å². The van der Waals surface area contributed by atoms with Gasteiger partial charge in [0.15, 0.2) is 0 Å². The average molecular weight is 654 g/mol. The molecule has 0 saturated carbocycles. The Balaban J connectivity index is 0.00000337. The van der Waals surface area contributed by atoms with E-state index in [4.69, 9.17) is 19.6 Å². The summed E-state index contributed by atoms with van der Waals surface area (Å²) in [6.45, 7) is 0. The second-order valence-corrected chi connectivity index (χ2v) is 11.9. The molecule has 0 radical (unpaired) electrons. The number of hydrogen-bond donors (Lipinski definition) is 6. The van der Waals surface area contributed by atoms with Crippen molar-refractivity contribution < 1.29 is 103 Å². The number of rotatable bonds is 8. The molecule has 0 atom stereocenters. The zero-order chi connectivity index (χ0) is 30.5. The molecular weight excluding hydrogens is 632 g/mol. The first-order valence-corrected chi connectivity index (χ1v) is 15.1. The van der Waals surface area contributed by atoms with Crippen molar-refractivity contribution in [3.8, 4) is 0 Å². The Hall–Kier alpha value is -2.29. The first-order valence-electron chi connectivity index (χ1n) is 11.9. The van der Waals surface area contributed by atoms with Gasteiger partial charge in [0.05, 0.1) is 11.4 Å². The van der Waals surface area contributed by atoms with Crippen molar-refractivity contribution in [2.45, 2.75) is 0 Å². The summed E-state index contributed by atoms with van der Waals surface area (Å²) in [7, 11) is -8.79. The quantitative estimate of drug-likeness (QED) is 0.0458.